The van der Waals surface area contributed by atoms with Crippen LogP contribution in [0.15, 0.2) is 36.1 Å². The van der Waals surface area contributed by atoms with Gasteiger partial charge in [-0.2, -0.15) is 0 Å². The van der Waals surface area contributed by atoms with Gasteiger partial charge in [-0.1, -0.05) is 18.2 Å². The SMILES string of the molecule is COC1=CCc2ccccc2NC1. The molecule has 1 aliphatic rings. The second-order valence-corrected chi connectivity index (χ2v) is 3.09. The van der Waals surface area contributed by atoms with E-state index in [-0.39, 0.29) is 0 Å². The lowest BCUT2D eigenvalue weighted by Gasteiger charge is -2.07. The Balaban J connectivity index is 2.26. The summed E-state index contributed by atoms with van der Waals surface area (Å²) < 4.78 is 5.20. The first-order valence-electron chi connectivity index (χ1n) is 4.45. The van der Waals surface area contributed by atoms with Crippen LogP contribution in [-0.4, -0.2) is 13.7 Å². The van der Waals surface area contributed by atoms with E-state index in [1.54, 1.807) is 7.11 Å². The third kappa shape index (κ3) is 1.66. The normalized spacial score (nSPS) is 15.0. The fourth-order valence-electron chi connectivity index (χ4n) is 1.50. The van der Waals surface area contributed by atoms with Crippen molar-refractivity contribution in [3.8, 4) is 0 Å². The Morgan fingerprint density at radius 3 is 3.00 bits per heavy atom. The third-order valence-electron chi connectivity index (χ3n) is 2.28. The zero-order valence-electron chi connectivity index (χ0n) is 7.71. The molecule has 0 atom stereocenters. The van der Waals surface area contributed by atoms with Gasteiger partial charge in [-0.25, -0.2) is 0 Å². The Morgan fingerprint density at radius 1 is 1.31 bits per heavy atom. The van der Waals surface area contributed by atoms with Gasteiger partial charge in [0.25, 0.3) is 0 Å². The highest BCUT2D eigenvalue weighted by molar-refractivity contribution is 5.53. The van der Waals surface area contributed by atoms with Gasteiger partial charge in [0.05, 0.1) is 13.7 Å². The van der Waals surface area contributed by atoms with Crippen LogP contribution in [0.5, 0.6) is 0 Å². The van der Waals surface area contributed by atoms with E-state index in [0.717, 1.165) is 18.7 Å². The maximum absolute atomic E-state index is 5.20. The van der Waals surface area contributed by atoms with E-state index in [1.807, 2.05) is 6.07 Å². The van der Waals surface area contributed by atoms with Gasteiger partial charge in [0.15, 0.2) is 0 Å². The average Bonchev–Trinajstić information content (AvgIpc) is 2.39. The lowest BCUT2D eigenvalue weighted by atomic mass is 10.1. The molecule has 0 unspecified atom stereocenters. The molecule has 2 nitrogen and oxygen atoms in total. The summed E-state index contributed by atoms with van der Waals surface area (Å²) in [5, 5.41) is 3.33. The zero-order valence-corrected chi connectivity index (χ0v) is 7.71. The number of rotatable bonds is 1. The van der Waals surface area contributed by atoms with Crippen LogP contribution in [0.3, 0.4) is 0 Å². The van der Waals surface area contributed by atoms with Crippen molar-refractivity contribution in [2.24, 2.45) is 0 Å². The van der Waals surface area contributed by atoms with E-state index >= 15 is 0 Å². The minimum absolute atomic E-state index is 0.785. The monoisotopic (exact) mass is 175 g/mol. The van der Waals surface area contributed by atoms with Crippen molar-refractivity contribution in [2.45, 2.75) is 6.42 Å². The summed E-state index contributed by atoms with van der Waals surface area (Å²) in [5.74, 6) is 1.01. The van der Waals surface area contributed by atoms with Gasteiger partial charge in [0.1, 0.15) is 5.76 Å². The summed E-state index contributed by atoms with van der Waals surface area (Å²) >= 11 is 0. The Morgan fingerprint density at radius 2 is 2.15 bits per heavy atom. The van der Waals surface area contributed by atoms with Gasteiger partial charge in [-0.15, -0.1) is 0 Å². The maximum atomic E-state index is 5.20. The number of benzene rings is 1. The molecule has 1 aromatic carbocycles. The molecule has 0 bridgehead atoms. The molecule has 1 N–H and O–H groups in total. The molecule has 0 aromatic heterocycles. The first-order valence-corrected chi connectivity index (χ1v) is 4.45. The van der Waals surface area contributed by atoms with Gasteiger partial charge in [-0.3, -0.25) is 0 Å². The smallest absolute Gasteiger partial charge is 0.111 e. The Bertz CT molecular complexity index is 331. The molecule has 0 saturated heterocycles. The first kappa shape index (κ1) is 8.17. The van der Waals surface area contributed by atoms with E-state index < -0.39 is 0 Å². The fraction of sp³-hybridized carbons (Fsp3) is 0.273. The van der Waals surface area contributed by atoms with Gasteiger partial charge >= 0.3 is 0 Å². The fourth-order valence-corrected chi connectivity index (χ4v) is 1.50. The number of anilines is 1. The summed E-state index contributed by atoms with van der Waals surface area (Å²) in [7, 11) is 1.71. The summed E-state index contributed by atoms with van der Waals surface area (Å²) in [6.07, 6.45) is 3.07. The molecule has 1 aliphatic heterocycles. The van der Waals surface area contributed by atoms with Crippen LogP contribution in [-0.2, 0) is 11.2 Å². The van der Waals surface area contributed by atoms with Gasteiger partial charge < -0.3 is 10.1 Å². The van der Waals surface area contributed by atoms with E-state index in [9.17, 15) is 0 Å². The van der Waals surface area contributed by atoms with Crippen LogP contribution in [0.25, 0.3) is 0 Å². The number of fused-ring (bicyclic) bond motifs is 1. The van der Waals surface area contributed by atoms with Crippen molar-refractivity contribution in [2.75, 3.05) is 19.0 Å². The topological polar surface area (TPSA) is 21.3 Å². The van der Waals surface area contributed by atoms with E-state index in [0.29, 0.717) is 0 Å². The predicted molar refractivity (Wildman–Crippen MR) is 53.7 cm³/mol. The van der Waals surface area contributed by atoms with Crippen LogP contribution in [0.2, 0.25) is 0 Å². The predicted octanol–water partition coefficient (Wildman–Crippen LogP) is 2.18. The number of hydrogen-bond acceptors (Lipinski definition) is 2. The van der Waals surface area contributed by atoms with Crippen molar-refractivity contribution in [3.05, 3.63) is 41.7 Å². The Hall–Kier alpha value is -1.44. The number of hydrogen-bond donors (Lipinski definition) is 1. The average molecular weight is 175 g/mol. The van der Waals surface area contributed by atoms with Crippen LogP contribution in [0.1, 0.15) is 5.56 Å². The highest BCUT2D eigenvalue weighted by atomic mass is 16.5. The summed E-state index contributed by atoms with van der Waals surface area (Å²) in [6, 6.07) is 8.34. The lowest BCUT2D eigenvalue weighted by molar-refractivity contribution is 0.288. The first-order chi connectivity index (χ1) is 6.40. The molecule has 0 aliphatic carbocycles. The van der Waals surface area contributed by atoms with Crippen molar-refractivity contribution >= 4 is 5.69 Å². The molecule has 0 radical (unpaired) electrons. The van der Waals surface area contributed by atoms with Crippen LogP contribution >= 0.6 is 0 Å². The van der Waals surface area contributed by atoms with E-state index in [1.165, 1.54) is 11.3 Å². The number of nitrogens with one attached hydrogen (secondary N) is 1. The minimum atomic E-state index is 0.785. The Labute approximate surface area is 78.2 Å². The number of ether oxygens (including phenoxy) is 1. The molecule has 2 rings (SSSR count). The largest absolute Gasteiger partial charge is 0.500 e. The van der Waals surface area contributed by atoms with Gasteiger partial charge in [0, 0.05) is 5.69 Å². The number of para-hydroxylation sites is 1. The van der Waals surface area contributed by atoms with Crippen molar-refractivity contribution in [3.63, 3.8) is 0 Å². The molecule has 13 heavy (non-hydrogen) atoms. The molecule has 0 saturated carbocycles. The lowest BCUT2D eigenvalue weighted by Crippen LogP contribution is -2.04. The molecule has 0 amide bonds. The molecule has 68 valence electrons. The summed E-state index contributed by atoms with van der Waals surface area (Å²) in [6.45, 7) is 0.785. The van der Waals surface area contributed by atoms with Crippen molar-refractivity contribution in [1.82, 2.24) is 0 Å². The quantitative estimate of drug-likeness (QED) is 0.706. The standard InChI is InChI=1S/C11H13NO/c1-13-10-7-6-9-4-2-3-5-11(9)12-8-10/h2-5,7,12H,6,8H2,1H3. The van der Waals surface area contributed by atoms with Crippen LogP contribution in [0.4, 0.5) is 5.69 Å². The van der Waals surface area contributed by atoms with Crippen LogP contribution < -0.4 is 5.32 Å². The molecule has 0 spiro atoms. The molecular weight excluding hydrogens is 162 g/mol. The van der Waals surface area contributed by atoms with Gasteiger partial charge in [-0.05, 0) is 24.1 Å². The van der Waals surface area contributed by atoms with Gasteiger partial charge in [0.2, 0.25) is 0 Å². The van der Waals surface area contributed by atoms with Crippen molar-refractivity contribution in [1.29, 1.82) is 0 Å². The third-order valence-corrected chi connectivity index (χ3v) is 2.28. The Kier molecular flexibility index (Phi) is 2.21. The van der Waals surface area contributed by atoms with Crippen LogP contribution in [0, 0.1) is 0 Å². The van der Waals surface area contributed by atoms with E-state index in [2.05, 4.69) is 29.6 Å². The second kappa shape index (κ2) is 3.52. The maximum Gasteiger partial charge on any atom is 0.111 e. The molecular formula is C11H13NO. The minimum Gasteiger partial charge on any atom is -0.500 e. The molecule has 1 heterocycles. The highest BCUT2D eigenvalue weighted by Crippen LogP contribution is 2.19. The summed E-state index contributed by atoms with van der Waals surface area (Å²) in [4.78, 5) is 0. The molecule has 2 heteroatoms. The highest BCUT2D eigenvalue weighted by Gasteiger charge is 2.06. The zero-order chi connectivity index (χ0) is 9.10. The number of methoxy groups -OCH3 is 1. The second-order valence-electron chi connectivity index (χ2n) is 3.09. The van der Waals surface area contributed by atoms with Crippen molar-refractivity contribution < 1.29 is 4.74 Å². The number of allylic oxidation sites excluding steroid dienone is 1. The van der Waals surface area contributed by atoms with E-state index in [4.69, 9.17) is 4.74 Å². The summed E-state index contributed by atoms with van der Waals surface area (Å²) in [5.41, 5.74) is 2.54. The molecule has 0 fully saturated rings. The molecule has 1 aromatic rings.